The van der Waals surface area contributed by atoms with E-state index >= 15 is 0 Å². The number of aromatic nitrogens is 1. The van der Waals surface area contributed by atoms with Crippen LogP contribution in [0.5, 0.6) is 0 Å². The molecule has 2 saturated heterocycles. The van der Waals surface area contributed by atoms with Gasteiger partial charge in [-0.1, -0.05) is 0 Å². The lowest BCUT2D eigenvalue weighted by Crippen LogP contribution is -2.50. The van der Waals surface area contributed by atoms with E-state index in [0.717, 1.165) is 32.6 Å². The van der Waals surface area contributed by atoms with Crippen LogP contribution in [0.3, 0.4) is 0 Å². The van der Waals surface area contributed by atoms with Gasteiger partial charge in [0.25, 0.3) is 0 Å². The van der Waals surface area contributed by atoms with Crippen molar-refractivity contribution >= 4 is 17.2 Å². The first-order chi connectivity index (χ1) is 11.8. The summed E-state index contributed by atoms with van der Waals surface area (Å²) in [4.78, 5) is 21.9. The molecule has 0 radical (unpaired) electrons. The van der Waals surface area contributed by atoms with Crippen LogP contribution in [-0.2, 0) is 11.3 Å². The third-order valence-electron chi connectivity index (χ3n) is 5.66. The number of hydrogen-bond acceptors (Lipinski definition) is 5. The second-order valence-corrected chi connectivity index (χ2v) is 8.53. The summed E-state index contributed by atoms with van der Waals surface area (Å²) in [5, 5.41) is 6.48. The van der Waals surface area contributed by atoms with Crippen LogP contribution in [0.2, 0.25) is 0 Å². The number of carbonyl (C=O) groups excluding carboxylic acids is 1. The zero-order chi connectivity index (χ0) is 16.4. The van der Waals surface area contributed by atoms with Gasteiger partial charge in [0, 0.05) is 43.3 Å². The van der Waals surface area contributed by atoms with Gasteiger partial charge in [-0.3, -0.25) is 14.6 Å². The standard InChI is InChI=1S/C18H28N4OS/c23-18(20-15-3-4-15)14-2-1-8-22(12-14)16-5-9-21(10-6-16)13-17-19-7-11-24-17/h7,11,14-16H,1-6,8-10,12-13H2,(H,20,23)/t14-/m1/s1. The molecule has 6 heteroatoms. The lowest BCUT2D eigenvalue weighted by Gasteiger charge is -2.41. The van der Waals surface area contributed by atoms with Crippen molar-refractivity contribution < 1.29 is 4.79 Å². The second kappa shape index (κ2) is 7.50. The van der Waals surface area contributed by atoms with Gasteiger partial charge in [-0.05, 0) is 45.1 Å². The fourth-order valence-corrected chi connectivity index (χ4v) is 4.72. The molecule has 1 N–H and O–H groups in total. The van der Waals surface area contributed by atoms with E-state index in [1.165, 1.54) is 43.7 Å². The predicted molar refractivity (Wildman–Crippen MR) is 95.9 cm³/mol. The smallest absolute Gasteiger partial charge is 0.224 e. The van der Waals surface area contributed by atoms with Crippen molar-refractivity contribution in [3.63, 3.8) is 0 Å². The van der Waals surface area contributed by atoms with Crippen molar-refractivity contribution in [3.8, 4) is 0 Å². The Balaban J connectivity index is 1.24. The van der Waals surface area contributed by atoms with E-state index in [1.807, 2.05) is 6.20 Å². The molecule has 1 amide bonds. The van der Waals surface area contributed by atoms with Gasteiger partial charge in [-0.25, -0.2) is 4.98 Å². The number of hydrogen-bond donors (Lipinski definition) is 1. The van der Waals surface area contributed by atoms with Crippen molar-refractivity contribution in [3.05, 3.63) is 16.6 Å². The average Bonchev–Trinajstić information content (AvgIpc) is 3.28. The van der Waals surface area contributed by atoms with Crippen molar-refractivity contribution in [1.29, 1.82) is 0 Å². The normalized spacial score (nSPS) is 27.2. The monoisotopic (exact) mass is 348 g/mol. The quantitative estimate of drug-likeness (QED) is 0.885. The molecule has 2 aliphatic heterocycles. The summed E-state index contributed by atoms with van der Waals surface area (Å²) in [6.07, 6.45) is 8.94. The highest BCUT2D eigenvalue weighted by molar-refractivity contribution is 7.09. The minimum absolute atomic E-state index is 0.215. The predicted octanol–water partition coefficient (Wildman–Crippen LogP) is 2.10. The third-order valence-corrected chi connectivity index (χ3v) is 6.43. The molecular weight excluding hydrogens is 320 g/mol. The van der Waals surface area contributed by atoms with Crippen LogP contribution in [0.1, 0.15) is 43.5 Å². The van der Waals surface area contributed by atoms with E-state index < -0.39 is 0 Å². The van der Waals surface area contributed by atoms with Crippen molar-refractivity contribution in [2.24, 2.45) is 5.92 Å². The summed E-state index contributed by atoms with van der Waals surface area (Å²) >= 11 is 1.75. The van der Waals surface area contributed by atoms with Crippen molar-refractivity contribution in [2.45, 2.75) is 57.2 Å². The summed E-state index contributed by atoms with van der Waals surface area (Å²) < 4.78 is 0. The van der Waals surface area contributed by atoms with Gasteiger partial charge >= 0.3 is 0 Å². The molecule has 0 bridgehead atoms. The lowest BCUT2D eigenvalue weighted by molar-refractivity contribution is -0.127. The van der Waals surface area contributed by atoms with Gasteiger partial charge in [-0.2, -0.15) is 0 Å². The summed E-state index contributed by atoms with van der Waals surface area (Å²) in [5.41, 5.74) is 0. The highest BCUT2D eigenvalue weighted by atomic mass is 32.1. The first-order valence-corrected chi connectivity index (χ1v) is 10.3. The SMILES string of the molecule is O=C(NC1CC1)[C@@H]1CCCN(C2CCN(Cc3nccs3)CC2)C1. The van der Waals surface area contributed by atoms with Gasteiger partial charge in [0.1, 0.15) is 5.01 Å². The molecule has 0 spiro atoms. The first-order valence-electron chi connectivity index (χ1n) is 9.43. The molecule has 3 fully saturated rings. The number of amides is 1. The number of nitrogens with zero attached hydrogens (tertiary/aromatic N) is 3. The maximum Gasteiger partial charge on any atom is 0.224 e. The Labute approximate surface area is 148 Å². The topological polar surface area (TPSA) is 48.5 Å². The molecule has 132 valence electrons. The Kier molecular flexibility index (Phi) is 5.15. The summed E-state index contributed by atoms with van der Waals surface area (Å²) in [6.45, 7) is 5.44. The second-order valence-electron chi connectivity index (χ2n) is 7.55. The van der Waals surface area contributed by atoms with Gasteiger partial charge < -0.3 is 5.32 Å². The Morgan fingerprint density at radius 1 is 1.21 bits per heavy atom. The molecule has 1 saturated carbocycles. The van der Waals surface area contributed by atoms with Crippen molar-refractivity contribution in [1.82, 2.24) is 20.1 Å². The van der Waals surface area contributed by atoms with Crippen LogP contribution in [-0.4, -0.2) is 59.0 Å². The zero-order valence-electron chi connectivity index (χ0n) is 14.3. The van der Waals surface area contributed by atoms with Crippen LogP contribution in [0.25, 0.3) is 0 Å². The maximum absolute atomic E-state index is 12.4. The van der Waals surface area contributed by atoms with E-state index in [-0.39, 0.29) is 5.92 Å². The summed E-state index contributed by atoms with van der Waals surface area (Å²) in [5.74, 6) is 0.524. The van der Waals surface area contributed by atoms with Crippen molar-refractivity contribution in [2.75, 3.05) is 26.2 Å². The molecular formula is C18H28N4OS. The largest absolute Gasteiger partial charge is 0.353 e. The average molecular weight is 349 g/mol. The molecule has 1 atom stereocenters. The number of nitrogens with one attached hydrogen (secondary N) is 1. The van der Waals surface area contributed by atoms with Gasteiger partial charge in [0.15, 0.2) is 0 Å². The molecule has 3 aliphatic rings. The van der Waals surface area contributed by atoms with Gasteiger partial charge in [0.05, 0.1) is 12.5 Å². The molecule has 24 heavy (non-hydrogen) atoms. The van der Waals surface area contributed by atoms with Crippen LogP contribution >= 0.6 is 11.3 Å². The molecule has 3 heterocycles. The highest BCUT2D eigenvalue weighted by Crippen LogP contribution is 2.26. The minimum Gasteiger partial charge on any atom is -0.353 e. The van der Waals surface area contributed by atoms with Crippen LogP contribution in [0, 0.1) is 5.92 Å². The molecule has 1 aromatic heterocycles. The molecule has 4 rings (SSSR count). The first kappa shape index (κ1) is 16.5. The van der Waals surface area contributed by atoms with E-state index in [0.29, 0.717) is 18.0 Å². The van der Waals surface area contributed by atoms with Crippen LogP contribution in [0.4, 0.5) is 0 Å². The number of carbonyl (C=O) groups is 1. The number of rotatable bonds is 5. The molecule has 5 nitrogen and oxygen atoms in total. The van der Waals surface area contributed by atoms with E-state index in [1.54, 1.807) is 11.3 Å². The van der Waals surface area contributed by atoms with Crippen LogP contribution in [0.15, 0.2) is 11.6 Å². The Bertz CT molecular complexity index is 537. The Morgan fingerprint density at radius 2 is 2.04 bits per heavy atom. The minimum atomic E-state index is 0.215. The molecule has 0 aromatic carbocycles. The van der Waals surface area contributed by atoms with Crippen LogP contribution < -0.4 is 5.32 Å². The lowest BCUT2D eigenvalue weighted by atomic mass is 9.93. The summed E-state index contributed by atoms with van der Waals surface area (Å²) in [6, 6.07) is 1.15. The number of likely N-dealkylation sites (tertiary alicyclic amines) is 2. The Hall–Kier alpha value is -0.980. The maximum atomic E-state index is 12.4. The van der Waals surface area contributed by atoms with E-state index in [2.05, 4.69) is 25.5 Å². The number of thiazole rings is 1. The molecule has 0 unspecified atom stereocenters. The molecule has 1 aliphatic carbocycles. The Morgan fingerprint density at radius 3 is 2.75 bits per heavy atom. The third kappa shape index (κ3) is 4.16. The van der Waals surface area contributed by atoms with Gasteiger partial charge in [-0.15, -0.1) is 11.3 Å². The summed E-state index contributed by atoms with van der Waals surface area (Å²) in [7, 11) is 0. The van der Waals surface area contributed by atoms with E-state index in [9.17, 15) is 4.79 Å². The highest BCUT2D eigenvalue weighted by Gasteiger charge is 2.33. The number of piperidine rings is 2. The molecule has 1 aromatic rings. The fourth-order valence-electron chi connectivity index (χ4n) is 4.06. The van der Waals surface area contributed by atoms with E-state index in [4.69, 9.17) is 0 Å². The van der Waals surface area contributed by atoms with Gasteiger partial charge in [0.2, 0.25) is 5.91 Å². The fraction of sp³-hybridized carbons (Fsp3) is 0.778. The zero-order valence-corrected chi connectivity index (χ0v) is 15.1.